The van der Waals surface area contributed by atoms with E-state index in [1.807, 2.05) is 84.9 Å². The van der Waals surface area contributed by atoms with Gasteiger partial charge in [0, 0.05) is 12.6 Å². The van der Waals surface area contributed by atoms with E-state index in [-0.39, 0.29) is 23.4 Å². The number of sulfonamides is 1. The lowest BCUT2D eigenvalue weighted by molar-refractivity contribution is -0.140. The fourth-order valence-corrected chi connectivity index (χ4v) is 6.08. The van der Waals surface area contributed by atoms with Gasteiger partial charge < -0.3 is 10.2 Å². The molecule has 0 aliphatic heterocycles. The summed E-state index contributed by atoms with van der Waals surface area (Å²) in [6, 6.07) is 19.0. The van der Waals surface area contributed by atoms with Crippen molar-refractivity contribution < 1.29 is 18.0 Å². The van der Waals surface area contributed by atoms with Crippen LogP contribution in [-0.4, -0.2) is 43.8 Å². The van der Waals surface area contributed by atoms with Crippen LogP contribution in [0.3, 0.4) is 0 Å². The molecule has 1 unspecified atom stereocenters. The van der Waals surface area contributed by atoms with E-state index in [1.54, 1.807) is 30.3 Å². The number of carbonyl (C=O) groups excluding carboxylic acids is 2. The number of nitrogens with one attached hydrogen (secondary N) is 1. The highest BCUT2D eigenvalue weighted by atomic mass is 32.2. The second-order valence-corrected chi connectivity index (χ2v) is 12.5. The molecule has 0 radical (unpaired) electrons. The lowest BCUT2D eigenvalue weighted by atomic mass is 10.1. The van der Waals surface area contributed by atoms with Gasteiger partial charge in [0.2, 0.25) is 11.8 Å². The first kappa shape index (κ1) is 30.9. The molecule has 2 amide bonds. The zero-order valence-electron chi connectivity index (χ0n) is 24.6. The SMILES string of the molecule is CCC(C(=O)NC(C)C)N(Cc1ccccc1C)C(=O)CN(c1cc(C)ccc1C)S(=O)(=O)c1ccc(C)cc1. The first-order valence-electron chi connectivity index (χ1n) is 13.7. The quantitative estimate of drug-likeness (QED) is 0.336. The van der Waals surface area contributed by atoms with E-state index in [2.05, 4.69) is 5.32 Å². The molecular weight excluding hydrogens is 522 g/mol. The topological polar surface area (TPSA) is 86.8 Å². The van der Waals surface area contributed by atoms with Gasteiger partial charge in [-0.3, -0.25) is 13.9 Å². The highest BCUT2D eigenvalue weighted by molar-refractivity contribution is 7.92. The molecule has 0 bridgehead atoms. The smallest absolute Gasteiger partial charge is 0.264 e. The molecule has 0 heterocycles. The van der Waals surface area contributed by atoms with Crippen LogP contribution in [0.4, 0.5) is 5.69 Å². The van der Waals surface area contributed by atoms with Crippen LogP contribution in [0.15, 0.2) is 71.6 Å². The van der Waals surface area contributed by atoms with Crippen LogP contribution in [0, 0.1) is 27.7 Å². The van der Waals surface area contributed by atoms with Crippen molar-refractivity contribution in [3.8, 4) is 0 Å². The first-order chi connectivity index (χ1) is 18.8. The van der Waals surface area contributed by atoms with Gasteiger partial charge in [-0.05, 0) is 88.4 Å². The van der Waals surface area contributed by atoms with Crippen LogP contribution < -0.4 is 9.62 Å². The van der Waals surface area contributed by atoms with Crippen molar-refractivity contribution in [2.24, 2.45) is 0 Å². The van der Waals surface area contributed by atoms with Crippen LogP contribution in [0.2, 0.25) is 0 Å². The van der Waals surface area contributed by atoms with Gasteiger partial charge in [0.15, 0.2) is 0 Å². The standard InChI is InChI=1S/C32H41N3O4S/c1-8-29(32(37)33-22(2)3)34(20-27-12-10-9-11-25(27)6)31(36)21-35(30-19-24(5)13-16-26(30)7)40(38,39)28-17-14-23(4)15-18-28/h9-19,22,29H,8,20-21H2,1-7H3,(H,33,37). The third-order valence-corrected chi connectivity index (χ3v) is 8.71. The fourth-order valence-electron chi connectivity index (χ4n) is 4.61. The third kappa shape index (κ3) is 7.30. The van der Waals surface area contributed by atoms with Crippen molar-refractivity contribution in [2.75, 3.05) is 10.8 Å². The summed E-state index contributed by atoms with van der Waals surface area (Å²) in [5.41, 5.74) is 4.84. The fraction of sp³-hybridized carbons (Fsp3) is 0.375. The summed E-state index contributed by atoms with van der Waals surface area (Å²) in [5, 5.41) is 2.93. The maximum absolute atomic E-state index is 14.2. The van der Waals surface area contributed by atoms with Crippen LogP contribution in [-0.2, 0) is 26.2 Å². The molecule has 0 aromatic heterocycles. The molecule has 0 saturated carbocycles. The molecule has 7 nitrogen and oxygen atoms in total. The summed E-state index contributed by atoms with van der Waals surface area (Å²) in [6.45, 7) is 12.9. The first-order valence-corrected chi connectivity index (χ1v) is 15.1. The minimum absolute atomic E-state index is 0.0989. The monoisotopic (exact) mass is 563 g/mol. The molecule has 3 rings (SSSR count). The number of aryl methyl sites for hydroxylation is 4. The Morgan fingerprint density at radius 1 is 0.850 bits per heavy atom. The molecule has 0 aliphatic carbocycles. The Labute approximate surface area is 239 Å². The summed E-state index contributed by atoms with van der Waals surface area (Å²) in [7, 11) is -4.11. The summed E-state index contributed by atoms with van der Waals surface area (Å²) in [5.74, 6) is -0.718. The summed E-state index contributed by atoms with van der Waals surface area (Å²) in [6.07, 6.45) is 0.379. The maximum Gasteiger partial charge on any atom is 0.264 e. The Morgan fingerprint density at radius 3 is 2.08 bits per heavy atom. The van der Waals surface area contributed by atoms with Crippen LogP contribution in [0.1, 0.15) is 55.0 Å². The molecule has 3 aromatic rings. The zero-order chi connectivity index (χ0) is 29.6. The van der Waals surface area contributed by atoms with E-state index in [9.17, 15) is 18.0 Å². The lowest BCUT2D eigenvalue weighted by Gasteiger charge is -2.34. The number of hydrogen-bond donors (Lipinski definition) is 1. The average Bonchev–Trinajstić information content (AvgIpc) is 2.89. The molecule has 214 valence electrons. The van der Waals surface area contributed by atoms with Gasteiger partial charge in [0.05, 0.1) is 10.6 Å². The largest absolute Gasteiger partial charge is 0.352 e. The van der Waals surface area contributed by atoms with Gasteiger partial charge in [-0.1, -0.05) is 61.0 Å². The van der Waals surface area contributed by atoms with Crippen molar-refractivity contribution >= 4 is 27.5 Å². The van der Waals surface area contributed by atoms with E-state index in [4.69, 9.17) is 0 Å². The number of nitrogens with zero attached hydrogens (tertiary/aromatic N) is 2. The molecule has 1 atom stereocenters. The van der Waals surface area contributed by atoms with Gasteiger partial charge in [-0.25, -0.2) is 8.42 Å². The highest BCUT2D eigenvalue weighted by Gasteiger charge is 2.34. The van der Waals surface area contributed by atoms with Gasteiger partial charge in [0.1, 0.15) is 12.6 Å². The van der Waals surface area contributed by atoms with Gasteiger partial charge in [0.25, 0.3) is 10.0 Å². The minimum atomic E-state index is -4.11. The molecule has 1 N–H and O–H groups in total. The van der Waals surface area contributed by atoms with Crippen molar-refractivity contribution in [3.63, 3.8) is 0 Å². The maximum atomic E-state index is 14.2. The van der Waals surface area contributed by atoms with Gasteiger partial charge in [-0.15, -0.1) is 0 Å². The second kappa shape index (κ2) is 13.1. The summed E-state index contributed by atoms with van der Waals surface area (Å²) < 4.78 is 29.3. The number of amides is 2. The summed E-state index contributed by atoms with van der Waals surface area (Å²) in [4.78, 5) is 29.1. The van der Waals surface area contributed by atoms with E-state index >= 15 is 0 Å². The van der Waals surface area contributed by atoms with Crippen molar-refractivity contribution in [1.82, 2.24) is 10.2 Å². The number of anilines is 1. The molecular formula is C32H41N3O4S. The molecule has 0 fully saturated rings. The molecule has 3 aromatic carbocycles. The summed E-state index contributed by atoms with van der Waals surface area (Å²) >= 11 is 0. The highest BCUT2D eigenvalue weighted by Crippen LogP contribution is 2.29. The Morgan fingerprint density at radius 2 is 1.48 bits per heavy atom. The van der Waals surface area contributed by atoms with Crippen molar-refractivity contribution in [1.29, 1.82) is 0 Å². The van der Waals surface area contributed by atoms with Crippen molar-refractivity contribution in [2.45, 2.75) is 78.4 Å². The van der Waals surface area contributed by atoms with Gasteiger partial charge in [-0.2, -0.15) is 0 Å². The molecule has 0 spiro atoms. The van der Waals surface area contributed by atoms with Gasteiger partial charge >= 0.3 is 0 Å². The van der Waals surface area contributed by atoms with E-state index in [0.29, 0.717) is 12.1 Å². The number of benzene rings is 3. The minimum Gasteiger partial charge on any atom is -0.352 e. The van der Waals surface area contributed by atoms with E-state index in [0.717, 1.165) is 27.8 Å². The number of rotatable bonds is 11. The lowest BCUT2D eigenvalue weighted by Crippen LogP contribution is -2.53. The van der Waals surface area contributed by atoms with E-state index in [1.165, 1.54) is 9.21 Å². The Bertz CT molecular complexity index is 1450. The normalized spacial score (nSPS) is 12.2. The predicted molar refractivity (Wildman–Crippen MR) is 161 cm³/mol. The number of carbonyl (C=O) groups is 2. The molecule has 8 heteroatoms. The molecule has 0 aliphatic rings. The predicted octanol–water partition coefficient (Wildman–Crippen LogP) is 5.45. The Kier molecular flexibility index (Phi) is 10.1. The molecule has 40 heavy (non-hydrogen) atoms. The van der Waals surface area contributed by atoms with E-state index < -0.39 is 28.5 Å². The van der Waals surface area contributed by atoms with Crippen molar-refractivity contribution in [3.05, 3.63) is 94.5 Å². The number of hydrogen-bond acceptors (Lipinski definition) is 4. The van der Waals surface area contributed by atoms with Crippen LogP contribution in [0.25, 0.3) is 0 Å². The Hall–Kier alpha value is -3.65. The third-order valence-electron chi connectivity index (χ3n) is 6.94. The Balaban J connectivity index is 2.12. The molecule has 0 saturated heterocycles. The average molecular weight is 564 g/mol. The van der Waals surface area contributed by atoms with Crippen LogP contribution in [0.5, 0.6) is 0 Å². The zero-order valence-corrected chi connectivity index (χ0v) is 25.4. The van der Waals surface area contributed by atoms with Crippen LogP contribution >= 0.6 is 0 Å². The second-order valence-electron chi connectivity index (χ2n) is 10.7.